The van der Waals surface area contributed by atoms with E-state index in [-0.39, 0.29) is 5.95 Å². The number of rotatable bonds is 2. The van der Waals surface area contributed by atoms with Gasteiger partial charge in [0, 0.05) is 23.2 Å². The van der Waals surface area contributed by atoms with Crippen molar-refractivity contribution >= 4 is 44.4 Å². The van der Waals surface area contributed by atoms with Gasteiger partial charge in [0.2, 0.25) is 5.95 Å². The summed E-state index contributed by atoms with van der Waals surface area (Å²) in [7, 11) is 0. The van der Waals surface area contributed by atoms with Crippen LogP contribution >= 0.6 is 27.5 Å². The van der Waals surface area contributed by atoms with Crippen molar-refractivity contribution in [2.24, 2.45) is 0 Å². The van der Waals surface area contributed by atoms with Crippen molar-refractivity contribution in [3.8, 4) is 11.3 Å². The minimum absolute atomic E-state index is 0.202. The van der Waals surface area contributed by atoms with E-state index >= 15 is 0 Å². The van der Waals surface area contributed by atoms with Crippen LogP contribution in [-0.4, -0.2) is 19.5 Å². The number of anilines is 1. The number of aromatic nitrogens is 4. The molecule has 0 spiro atoms. The molecule has 0 aliphatic rings. The average molecular weight is 367 g/mol. The minimum atomic E-state index is 0.202. The maximum Gasteiger partial charge on any atom is 0.220 e. The van der Waals surface area contributed by atoms with Gasteiger partial charge in [0.25, 0.3) is 0 Å². The topological polar surface area (TPSA) is 69.6 Å². The lowest BCUT2D eigenvalue weighted by Gasteiger charge is -2.08. The molecule has 0 amide bonds. The molecule has 0 saturated carbocycles. The van der Waals surface area contributed by atoms with Crippen molar-refractivity contribution < 1.29 is 0 Å². The zero-order valence-electron chi connectivity index (χ0n) is 11.5. The highest BCUT2D eigenvalue weighted by atomic mass is 79.9. The van der Waals surface area contributed by atoms with Crippen LogP contribution in [0.2, 0.25) is 5.02 Å². The summed E-state index contributed by atoms with van der Waals surface area (Å²) in [6, 6.07) is 2.25. The largest absolute Gasteiger partial charge is 0.368 e. The molecule has 21 heavy (non-hydrogen) atoms. The van der Waals surface area contributed by atoms with Gasteiger partial charge in [-0.1, -0.05) is 11.6 Å². The number of pyridine rings is 1. The number of nitrogens with two attached hydrogens (primary N) is 1. The van der Waals surface area contributed by atoms with E-state index in [0.717, 1.165) is 21.1 Å². The molecule has 0 unspecified atom stereocenters. The number of nitrogens with zero attached hydrogens (tertiary/aromatic N) is 4. The van der Waals surface area contributed by atoms with Crippen molar-refractivity contribution in [3.63, 3.8) is 0 Å². The summed E-state index contributed by atoms with van der Waals surface area (Å²) in [4.78, 5) is 12.5. The fourth-order valence-electron chi connectivity index (χ4n) is 2.31. The molecule has 3 aromatic rings. The van der Waals surface area contributed by atoms with E-state index in [4.69, 9.17) is 17.3 Å². The summed E-state index contributed by atoms with van der Waals surface area (Å²) < 4.78 is 2.90. The van der Waals surface area contributed by atoms with Crippen molar-refractivity contribution in [3.05, 3.63) is 34.3 Å². The minimum Gasteiger partial charge on any atom is -0.368 e. The first-order valence-corrected chi connectivity index (χ1v) is 7.59. The summed E-state index contributed by atoms with van der Waals surface area (Å²) in [5.74, 6) is 0.202. The second kappa shape index (κ2) is 5.27. The summed E-state index contributed by atoms with van der Waals surface area (Å²) in [5.41, 5.74) is 8.27. The number of hydrogen-bond acceptors (Lipinski definition) is 4. The molecule has 2 N–H and O–H groups in total. The fourth-order valence-corrected chi connectivity index (χ4v) is 2.83. The third-order valence-electron chi connectivity index (χ3n) is 3.26. The molecule has 5 nitrogen and oxygen atoms in total. The Labute approximate surface area is 135 Å². The summed E-state index contributed by atoms with van der Waals surface area (Å²) in [5, 5.41) is 1.49. The number of fused-ring (bicyclic) bond motifs is 1. The first-order chi connectivity index (χ1) is 9.97. The molecule has 0 fully saturated rings. The van der Waals surface area contributed by atoms with Crippen LogP contribution in [0, 0.1) is 0 Å². The second-order valence-corrected chi connectivity index (χ2v) is 6.21. The Morgan fingerprint density at radius 3 is 2.76 bits per heavy atom. The van der Waals surface area contributed by atoms with Crippen LogP contribution in [0.1, 0.15) is 19.9 Å². The SMILES string of the molecule is CC(C)n1cc(-c2nc(N)ncc2Cl)c2cc(Br)ncc21. The summed E-state index contributed by atoms with van der Waals surface area (Å²) >= 11 is 9.65. The van der Waals surface area contributed by atoms with Gasteiger partial charge in [0.15, 0.2) is 0 Å². The van der Waals surface area contributed by atoms with Gasteiger partial charge in [-0.15, -0.1) is 0 Å². The zero-order chi connectivity index (χ0) is 15.1. The smallest absolute Gasteiger partial charge is 0.220 e. The number of nitrogen functional groups attached to an aromatic ring is 1. The van der Waals surface area contributed by atoms with E-state index in [0.29, 0.717) is 16.8 Å². The molecular weight excluding hydrogens is 354 g/mol. The van der Waals surface area contributed by atoms with Gasteiger partial charge in [-0.05, 0) is 35.8 Å². The van der Waals surface area contributed by atoms with E-state index < -0.39 is 0 Å². The Morgan fingerprint density at radius 1 is 1.29 bits per heavy atom. The molecule has 0 radical (unpaired) electrons. The van der Waals surface area contributed by atoms with Crippen LogP contribution < -0.4 is 5.73 Å². The maximum atomic E-state index is 6.24. The Hall–Kier alpha value is -1.66. The van der Waals surface area contributed by atoms with E-state index in [1.165, 1.54) is 6.20 Å². The van der Waals surface area contributed by atoms with Gasteiger partial charge in [-0.3, -0.25) is 0 Å². The molecule has 0 aliphatic heterocycles. The second-order valence-electron chi connectivity index (χ2n) is 4.99. The Morgan fingerprint density at radius 2 is 2.05 bits per heavy atom. The molecule has 0 aliphatic carbocycles. The monoisotopic (exact) mass is 365 g/mol. The predicted molar refractivity (Wildman–Crippen MR) is 88.3 cm³/mol. The van der Waals surface area contributed by atoms with Gasteiger partial charge >= 0.3 is 0 Å². The van der Waals surface area contributed by atoms with Crippen LogP contribution in [0.15, 0.2) is 29.3 Å². The zero-order valence-corrected chi connectivity index (χ0v) is 13.9. The molecule has 108 valence electrons. The molecule has 0 saturated heterocycles. The third kappa shape index (κ3) is 2.49. The maximum absolute atomic E-state index is 6.24. The van der Waals surface area contributed by atoms with Crippen LogP contribution in [0.5, 0.6) is 0 Å². The standard InChI is InChI=1S/C14H13BrClN5/c1-7(2)21-6-9(8-3-12(15)18-5-11(8)21)13-10(16)4-19-14(17)20-13/h3-7H,1-2H3,(H2,17,19,20). The van der Waals surface area contributed by atoms with Crippen molar-refractivity contribution in [1.82, 2.24) is 19.5 Å². The van der Waals surface area contributed by atoms with Crippen LogP contribution in [0.4, 0.5) is 5.95 Å². The van der Waals surface area contributed by atoms with Crippen molar-refractivity contribution in [2.75, 3.05) is 5.73 Å². The lowest BCUT2D eigenvalue weighted by Crippen LogP contribution is -1.98. The lowest BCUT2D eigenvalue weighted by atomic mass is 10.1. The highest BCUT2D eigenvalue weighted by Gasteiger charge is 2.16. The van der Waals surface area contributed by atoms with Crippen molar-refractivity contribution in [2.45, 2.75) is 19.9 Å². The molecule has 3 heterocycles. The van der Waals surface area contributed by atoms with E-state index in [9.17, 15) is 0 Å². The summed E-state index contributed by atoms with van der Waals surface area (Å²) in [6.07, 6.45) is 5.38. The van der Waals surface area contributed by atoms with Gasteiger partial charge in [0.1, 0.15) is 4.60 Å². The van der Waals surface area contributed by atoms with Crippen LogP contribution in [-0.2, 0) is 0 Å². The molecule has 3 aromatic heterocycles. The summed E-state index contributed by atoms with van der Waals surface area (Å²) in [6.45, 7) is 4.22. The number of hydrogen-bond donors (Lipinski definition) is 1. The average Bonchev–Trinajstić information content (AvgIpc) is 2.80. The van der Waals surface area contributed by atoms with Gasteiger partial charge < -0.3 is 10.3 Å². The van der Waals surface area contributed by atoms with Crippen LogP contribution in [0.25, 0.3) is 22.2 Å². The van der Waals surface area contributed by atoms with Crippen molar-refractivity contribution in [1.29, 1.82) is 0 Å². The first-order valence-electron chi connectivity index (χ1n) is 6.42. The third-order valence-corrected chi connectivity index (χ3v) is 3.97. The number of halogens is 2. The Bertz CT molecular complexity index is 828. The predicted octanol–water partition coefficient (Wildman–Crippen LogP) is 4.07. The molecule has 3 rings (SSSR count). The fraction of sp³-hybridized carbons (Fsp3) is 0.214. The molecule has 7 heteroatoms. The molecule has 0 bridgehead atoms. The van der Waals surface area contributed by atoms with E-state index in [2.05, 4.69) is 49.3 Å². The lowest BCUT2D eigenvalue weighted by molar-refractivity contribution is 0.622. The Kier molecular flexibility index (Phi) is 3.59. The van der Waals surface area contributed by atoms with E-state index in [1.54, 1.807) is 0 Å². The quantitative estimate of drug-likeness (QED) is 0.694. The highest BCUT2D eigenvalue weighted by Crippen LogP contribution is 2.35. The Balaban J connectivity index is 2.36. The van der Waals surface area contributed by atoms with Gasteiger partial charge in [-0.2, -0.15) is 0 Å². The van der Waals surface area contributed by atoms with Crippen LogP contribution in [0.3, 0.4) is 0 Å². The van der Waals surface area contributed by atoms with E-state index in [1.807, 2.05) is 18.5 Å². The normalized spacial score (nSPS) is 11.5. The molecular formula is C14H13BrClN5. The highest BCUT2D eigenvalue weighted by molar-refractivity contribution is 9.10. The van der Waals surface area contributed by atoms with Gasteiger partial charge in [0.05, 0.1) is 28.6 Å². The van der Waals surface area contributed by atoms with Gasteiger partial charge in [-0.25, -0.2) is 15.0 Å². The molecule has 0 atom stereocenters. The molecule has 0 aromatic carbocycles. The first kappa shape index (κ1) is 14.3.